The van der Waals surface area contributed by atoms with Crippen LogP contribution in [0, 0.1) is 0 Å². The number of ether oxygens (including phenoxy) is 2. The van der Waals surface area contributed by atoms with Crippen molar-refractivity contribution in [3.8, 4) is 0 Å². The first-order valence-corrected chi connectivity index (χ1v) is 8.16. The molecule has 31 heavy (non-hydrogen) atoms. The summed E-state index contributed by atoms with van der Waals surface area (Å²) in [5.41, 5.74) is 0. The van der Waals surface area contributed by atoms with Gasteiger partial charge in [-0.1, -0.05) is 0 Å². The summed E-state index contributed by atoms with van der Waals surface area (Å²) in [6.45, 7) is 4.89. The van der Waals surface area contributed by atoms with Gasteiger partial charge in [0.1, 0.15) is 24.4 Å². The van der Waals surface area contributed by atoms with E-state index >= 15 is 0 Å². The van der Waals surface area contributed by atoms with Crippen LogP contribution < -0.4 is 0 Å². The molecule has 1 fully saturated rings. The highest BCUT2D eigenvalue weighted by atomic mass is 16.7. The van der Waals surface area contributed by atoms with Gasteiger partial charge in [0.15, 0.2) is 0 Å². The van der Waals surface area contributed by atoms with Crippen LogP contribution >= 0.6 is 0 Å². The normalized spacial score (nSPS) is 23.2. The van der Waals surface area contributed by atoms with Crippen molar-refractivity contribution in [2.24, 2.45) is 0 Å². The molecular formula is C16H30O15. The van der Waals surface area contributed by atoms with Crippen LogP contribution in [-0.4, -0.2) is 108 Å². The van der Waals surface area contributed by atoms with Crippen molar-refractivity contribution in [1.29, 1.82) is 0 Å². The molecule has 15 heteroatoms. The molecule has 0 aromatic heterocycles. The summed E-state index contributed by atoms with van der Waals surface area (Å²) in [6, 6.07) is 0. The van der Waals surface area contributed by atoms with E-state index in [1.54, 1.807) is 0 Å². The lowest BCUT2D eigenvalue weighted by Crippen LogP contribution is -2.59. The third kappa shape index (κ3) is 32.0. The van der Waals surface area contributed by atoms with Crippen LogP contribution in [0.1, 0.15) is 34.6 Å². The molecule has 0 aromatic rings. The summed E-state index contributed by atoms with van der Waals surface area (Å²) in [5.74, 6) is -4.03. The standard InChI is InChI=1S/C8H14O7.4C2H4O2/c1-3(10)14-8-7(13)6(12)5(11)4(2-9)15-8;4*1-2(3)4/h4-9,11-13H,2H2,1H3;4*1H3,(H,3,4)/t4-,5-,6+,7-,8-;;;;/m1..../s1. The molecule has 1 aliphatic heterocycles. The maximum atomic E-state index is 10.6. The van der Waals surface area contributed by atoms with Crippen LogP contribution in [0.15, 0.2) is 0 Å². The van der Waals surface area contributed by atoms with Crippen LogP contribution in [0.4, 0.5) is 0 Å². The quantitative estimate of drug-likeness (QED) is 0.201. The van der Waals surface area contributed by atoms with E-state index in [0.717, 1.165) is 34.6 Å². The lowest BCUT2D eigenvalue weighted by molar-refractivity contribution is -0.292. The molecule has 1 aliphatic rings. The molecule has 1 saturated heterocycles. The molecule has 0 saturated carbocycles. The largest absolute Gasteiger partial charge is 0.481 e. The zero-order valence-corrected chi connectivity index (χ0v) is 17.5. The highest BCUT2D eigenvalue weighted by Gasteiger charge is 2.44. The Morgan fingerprint density at radius 3 is 1.19 bits per heavy atom. The molecular weight excluding hydrogens is 432 g/mol. The van der Waals surface area contributed by atoms with Gasteiger partial charge in [-0.3, -0.25) is 24.0 Å². The Bertz CT molecular complexity index is 481. The number of aliphatic hydroxyl groups excluding tert-OH is 4. The van der Waals surface area contributed by atoms with Crippen molar-refractivity contribution in [2.75, 3.05) is 6.61 Å². The minimum atomic E-state index is -1.54. The Morgan fingerprint density at radius 1 is 0.677 bits per heavy atom. The van der Waals surface area contributed by atoms with Gasteiger partial charge in [0.25, 0.3) is 23.9 Å². The van der Waals surface area contributed by atoms with E-state index in [0.29, 0.717) is 0 Å². The van der Waals surface area contributed by atoms with E-state index in [4.69, 9.17) is 49.4 Å². The first kappa shape index (κ1) is 35.6. The monoisotopic (exact) mass is 462 g/mol. The maximum absolute atomic E-state index is 10.6. The van der Waals surface area contributed by atoms with Gasteiger partial charge in [-0.05, 0) is 0 Å². The van der Waals surface area contributed by atoms with Crippen LogP contribution in [0.3, 0.4) is 0 Å². The van der Waals surface area contributed by atoms with Crippen LogP contribution in [0.25, 0.3) is 0 Å². The van der Waals surface area contributed by atoms with Gasteiger partial charge in [-0.2, -0.15) is 0 Å². The second kappa shape index (κ2) is 20.4. The predicted octanol–water partition coefficient (Wildman–Crippen LogP) is -2.29. The van der Waals surface area contributed by atoms with Gasteiger partial charge in [-0.15, -0.1) is 0 Å². The summed E-state index contributed by atoms with van der Waals surface area (Å²) >= 11 is 0. The molecule has 0 aliphatic carbocycles. The second-order valence-electron chi connectivity index (χ2n) is 5.38. The number of carboxylic acids is 4. The van der Waals surface area contributed by atoms with Gasteiger partial charge in [0.05, 0.1) is 6.61 Å². The van der Waals surface area contributed by atoms with E-state index in [1.165, 1.54) is 0 Å². The number of aliphatic hydroxyl groups is 4. The second-order valence-corrected chi connectivity index (χ2v) is 5.38. The molecule has 184 valence electrons. The molecule has 15 nitrogen and oxygen atoms in total. The van der Waals surface area contributed by atoms with Crippen molar-refractivity contribution in [3.63, 3.8) is 0 Å². The van der Waals surface area contributed by atoms with E-state index in [9.17, 15) is 20.1 Å². The third-order valence-electron chi connectivity index (χ3n) is 2.13. The van der Waals surface area contributed by atoms with Gasteiger partial charge in [0, 0.05) is 34.6 Å². The summed E-state index contributed by atoms with van der Waals surface area (Å²) in [6.07, 6.45) is -6.95. The number of hydrogen-bond acceptors (Lipinski definition) is 11. The van der Waals surface area contributed by atoms with Crippen molar-refractivity contribution < 1.29 is 74.3 Å². The average Bonchev–Trinajstić information content (AvgIpc) is 2.53. The van der Waals surface area contributed by atoms with E-state index < -0.39 is 67.2 Å². The van der Waals surface area contributed by atoms with E-state index in [-0.39, 0.29) is 0 Å². The number of hydrogen-bond donors (Lipinski definition) is 8. The Labute approximate surface area is 177 Å². The summed E-state index contributed by atoms with van der Waals surface area (Å²) in [4.78, 5) is 46.6. The number of aliphatic carboxylic acids is 4. The molecule has 8 N–H and O–H groups in total. The fourth-order valence-electron chi connectivity index (χ4n) is 1.33. The molecule has 0 aromatic carbocycles. The molecule has 0 amide bonds. The number of rotatable bonds is 2. The SMILES string of the molecule is CC(=O)O.CC(=O)O.CC(=O)O.CC(=O)O.CC(=O)O[C@@H]1O[C@H](CO)[C@@H](O)[C@H](O)[C@H]1O. The molecule has 0 spiro atoms. The summed E-state index contributed by atoms with van der Waals surface area (Å²) in [7, 11) is 0. The number of carbonyl (C=O) groups excluding carboxylic acids is 1. The lowest BCUT2D eigenvalue weighted by atomic mass is 9.99. The van der Waals surface area contributed by atoms with Gasteiger partial charge in [-0.25, -0.2) is 0 Å². The number of esters is 1. The van der Waals surface area contributed by atoms with Crippen molar-refractivity contribution in [2.45, 2.75) is 65.3 Å². The first-order chi connectivity index (χ1) is 13.9. The Hall–Kier alpha value is -2.85. The average molecular weight is 462 g/mol. The Morgan fingerprint density at radius 2 is 0.968 bits per heavy atom. The molecule has 1 rings (SSSR count). The highest BCUT2D eigenvalue weighted by Crippen LogP contribution is 2.21. The maximum Gasteiger partial charge on any atom is 0.305 e. The molecule has 0 bridgehead atoms. The third-order valence-corrected chi connectivity index (χ3v) is 2.13. The molecule has 0 unspecified atom stereocenters. The van der Waals surface area contributed by atoms with Gasteiger partial charge < -0.3 is 50.3 Å². The van der Waals surface area contributed by atoms with Gasteiger partial charge in [0.2, 0.25) is 6.29 Å². The predicted molar refractivity (Wildman–Crippen MR) is 98.8 cm³/mol. The van der Waals surface area contributed by atoms with Crippen molar-refractivity contribution in [3.05, 3.63) is 0 Å². The van der Waals surface area contributed by atoms with Crippen LogP contribution in [0.5, 0.6) is 0 Å². The summed E-state index contributed by atoms with van der Waals surface area (Å²) in [5, 5.41) is 66.5. The Kier molecular flexibility index (Phi) is 23.4. The van der Waals surface area contributed by atoms with Crippen LogP contribution in [0.2, 0.25) is 0 Å². The molecule has 0 radical (unpaired) electrons. The fourth-order valence-corrected chi connectivity index (χ4v) is 1.33. The molecule has 5 atom stereocenters. The zero-order valence-electron chi connectivity index (χ0n) is 17.5. The zero-order chi connectivity index (χ0) is 25.9. The minimum Gasteiger partial charge on any atom is -0.481 e. The fraction of sp³-hybridized carbons (Fsp3) is 0.688. The van der Waals surface area contributed by atoms with E-state index in [2.05, 4.69) is 4.74 Å². The smallest absolute Gasteiger partial charge is 0.305 e. The van der Waals surface area contributed by atoms with Crippen molar-refractivity contribution in [1.82, 2.24) is 0 Å². The van der Waals surface area contributed by atoms with Gasteiger partial charge >= 0.3 is 5.97 Å². The number of carbonyl (C=O) groups is 5. The van der Waals surface area contributed by atoms with Crippen LogP contribution in [-0.2, 0) is 33.4 Å². The number of carboxylic acid groups (broad SMARTS) is 4. The topological polar surface area (TPSA) is 266 Å². The minimum absolute atomic E-state index is 0.553. The lowest BCUT2D eigenvalue weighted by Gasteiger charge is -2.38. The molecule has 1 heterocycles. The summed E-state index contributed by atoms with van der Waals surface area (Å²) < 4.78 is 9.45. The first-order valence-electron chi connectivity index (χ1n) is 8.16. The van der Waals surface area contributed by atoms with E-state index in [1.807, 2.05) is 0 Å². The Balaban J connectivity index is -0.000000187. The van der Waals surface area contributed by atoms with Crippen molar-refractivity contribution >= 4 is 29.8 Å². The highest BCUT2D eigenvalue weighted by molar-refractivity contribution is 5.66.